The lowest BCUT2D eigenvalue weighted by molar-refractivity contribution is -0.140. The summed E-state index contributed by atoms with van der Waals surface area (Å²) in [6.45, 7) is 5.03. The Labute approximate surface area is 223 Å². The molecule has 6 nitrogen and oxygen atoms in total. The van der Waals surface area contributed by atoms with Crippen molar-refractivity contribution in [1.82, 2.24) is 4.90 Å². The molecule has 0 bridgehead atoms. The van der Waals surface area contributed by atoms with Crippen LogP contribution in [0.2, 0.25) is 0 Å². The third-order valence-electron chi connectivity index (χ3n) is 7.12. The van der Waals surface area contributed by atoms with Crippen LogP contribution in [-0.2, 0) is 22.6 Å². The second-order valence-electron chi connectivity index (χ2n) is 9.99. The first-order valence-electron chi connectivity index (χ1n) is 13.3. The fraction of sp³-hybridized carbons (Fsp3) is 0.312. The minimum Gasteiger partial charge on any atom is -0.507 e. The quantitative estimate of drug-likeness (QED) is 0.160. The van der Waals surface area contributed by atoms with E-state index in [2.05, 4.69) is 6.92 Å². The summed E-state index contributed by atoms with van der Waals surface area (Å²) in [5, 5.41) is 11.5. The normalized spacial score (nSPS) is 19.9. The van der Waals surface area contributed by atoms with Crippen LogP contribution in [0.1, 0.15) is 61.4 Å². The standard InChI is InChI=1S/C32H33NO5/c1-3-4-8-17-37-26-14-11-23(12-15-26)29-28(30(34)24-13-16-27-25(19-24)18-21(2)38-27)31(35)32(36)33(29)20-22-9-6-5-7-10-22/h5-7,9-16,19,21,29,34H,3-4,8,17-18,20H2,1-2H3/b30-28+. The lowest BCUT2D eigenvalue weighted by atomic mass is 9.94. The van der Waals surface area contributed by atoms with Crippen LogP contribution < -0.4 is 9.47 Å². The van der Waals surface area contributed by atoms with Crippen molar-refractivity contribution in [3.63, 3.8) is 0 Å². The molecule has 3 aromatic rings. The maximum atomic E-state index is 13.4. The molecule has 1 amide bonds. The van der Waals surface area contributed by atoms with Gasteiger partial charge in [-0.05, 0) is 60.4 Å². The molecule has 2 atom stereocenters. The van der Waals surface area contributed by atoms with Crippen molar-refractivity contribution in [3.05, 3.63) is 101 Å². The van der Waals surface area contributed by atoms with Crippen LogP contribution in [0.15, 0.2) is 78.4 Å². The van der Waals surface area contributed by atoms with Crippen molar-refractivity contribution in [3.8, 4) is 11.5 Å². The van der Waals surface area contributed by atoms with Crippen LogP contribution >= 0.6 is 0 Å². The number of unbranched alkanes of at least 4 members (excludes halogenated alkanes) is 2. The van der Waals surface area contributed by atoms with Gasteiger partial charge >= 0.3 is 0 Å². The highest BCUT2D eigenvalue weighted by Crippen LogP contribution is 2.41. The van der Waals surface area contributed by atoms with Gasteiger partial charge < -0.3 is 19.5 Å². The number of hydrogen-bond acceptors (Lipinski definition) is 5. The fourth-order valence-electron chi connectivity index (χ4n) is 5.18. The van der Waals surface area contributed by atoms with E-state index in [4.69, 9.17) is 9.47 Å². The molecule has 0 spiro atoms. The van der Waals surface area contributed by atoms with Gasteiger partial charge in [-0.15, -0.1) is 0 Å². The minimum atomic E-state index is -0.729. The number of Topliss-reactive ketones (excluding diaryl/α,β-unsaturated/α-hetero) is 1. The van der Waals surface area contributed by atoms with E-state index in [1.807, 2.05) is 73.7 Å². The molecule has 2 unspecified atom stereocenters. The zero-order valence-corrected chi connectivity index (χ0v) is 21.9. The highest BCUT2D eigenvalue weighted by molar-refractivity contribution is 6.46. The largest absolute Gasteiger partial charge is 0.507 e. The molecule has 2 heterocycles. The van der Waals surface area contributed by atoms with Crippen LogP contribution in [0.4, 0.5) is 0 Å². The number of aliphatic hydroxyl groups is 1. The molecule has 1 N–H and O–H groups in total. The van der Waals surface area contributed by atoms with Crippen molar-refractivity contribution in [2.45, 2.75) is 58.2 Å². The molecule has 0 radical (unpaired) electrons. The molecule has 38 heavy (non-hydrogen) atoms. The van der Waals surface area contributed by atoms with Crippen molar-refractivity contribution in [2.75, 3.05) is 6.61 Å². The van der Waals surface area contributed by atoms with Crippen LogP contribution in [-0.4, -0.2) is 34.4 Å². The number of carbonyl (C=O) groups is 2. The molecule has 2 aliphatic rings. The van der Waals surface area contributed by atoms with Gasteiger partial charge in [-0.1, -0.05) is 62.2 Å². The highest BCUT2D eigenvalue weighted by Gasteiger charge is 2.46. The monoisotopic (exact) mass is 511 g/mol. The van der Waals surface area contributed by atoms with Gasteiger partial charge in [0.15, 0.2) is 0 Å². The Hall–Kier alpha value is -4.06. The molecule has 1 saturated heterocycles. The highest BCUT2D eigenvalue weighted by atomic mass is 16.5. The molecule has 0 aromatic heterocycles. The maximum absolute atomic E-state index is 13.4. The first-order chi connectivity index (χ1) is 18.5. The number of benzene rings is 3. The summed E-state index contributed by atoms with van der Waals surface area (Å²) in [4.78, 5) is 28.3. The van der Waals surface area contributed by atoms with Crippen LogP contribution in [0.3, 0.4) is 0 Å². The van der Waals surface area contributed by atoms with E-state index in [1.54, 1.807) is 11.0 Å². The van der Waals surface area contributed by atoms with Crippen molar-refractivity contribution in [1.29, 1.82) is 0 Å². The molecule has 2 aliphatic heterocycles. The molecule has 6 heteroatoms. The summed E-state index contributed by atoms with van der Waals surface area (Å²) in [5.41, 5.74) is 3.20. The van der Waals surface area contributed by atoms with E-state index in [0.717, 1.165) is 53.9 Å². The Morgan fingerprint density at radius 3 is 2.53 bits per heavy atom. The molecule has 3 aromatic carbocycles. The average Bonchev–Trinajstić information content (AvgIpc) is 3.43. The number of hydrogen-bond donors (Lipinski definition) is 1. The number of carbonyl (C=O) groups excluding carboxylic acids is 2. The Balaban J connectivity index is 1.52. The summed E-state index contributed by atoms with van der Waals surface area (Å²) in [7, 11) is 0. The van der Waals surface area contributed by atoms with Crippen LogP contribution in [0, 0.1) is 0 Å². The number of rotatable bonds is 9. The van der Waals surface area contributed by atoms with E-state index < -0.39 is 17.7 Å². The Morgan fingerprint density at radius 1 is 1.03 bits per heavy atom. The minimum absolute atomic E-state index is 0.0570. The summed E-state index contributed by atoms with van der Waals surface area (Å²) >= 11 is 0. The third-order valence-corrected chi connectivity index (χ3v) is 7.12. The van der Waals surface area contributed by atoms with Crippen LogP contribution in [0.25, 0.3) is 5.76 Å². The zero-order valence-electron chi connectivity index (χ0n) is 21.9. The topological polar surface area (TPSA) is 76.1 Å². The zero-order chi connectivity index (χ0) is 26.6. The first-order valence-corrected chi connectivity index (χ1v) is 13.3. The summed E-state index contributed by atoms with van der Waals surface area (Å²) in [6, 6.07) is 21.7. The fourth-order valence-corrected chi connectivity index (χ4v) is 5.18. The van der Waals surface area contributed by atoms with E-state index >= 15 is 0 Å². The third kappa shape index (κ3) is 5.17. The molecular weight excluding hydrogens is 478 g/mol. The number of aliphatic hydroxyl groups excluding tert-OH is 1. The summed E-state index contributed by atoms with van der Waals surface area (Å²) < 4.78 is 11.7. The van der Waals surface area contributed by atoms with Gasteiger partial charge in [0.1, 0.15) is 23.4 Å². The SMILES string of the molecule is CCCCCOc1ccc(C2/C(=C(\O)c3ccc4c(c3)CC(C)O4)C(=O)C(=O)N2Cc2ccccc2)cc1. The molecule has 1 fully saturated rings. The number of fused-ring (bicyclic) bond motifs is 1. The number of ketones is 1. The Kier molecular flexibility index (Phi) is 7.50. The molecule has 196 valence electrons. The molecular formula is C32H33NO5. The second kappa shape index (κ2) is 11.1. The van der Waals surface area contributed by atoms with Crippen molar-refractivity contribution < 1.29 is 24.2 Å². The van der Waals surface area contributed by atoms with Gasteiger partial charge in [0.2, 0.25) is 0 Å². The van der Waals surface area contributed by atoms with E-state index in [-0.39, 0.29) is 24.0 Å². The van der Waals surface area contributed by atoms with Gasteiger partial charge in [0.05, 0.1) is 18.2 Å². The second-order valence-corrected chi connectivity index (χ2v) is 9.99. The Morgan fingerprint density at radius 2 is 1.79 bits per heavy atom. The first kappa shape index (κ1) is 25.6. The summed E-state index contributed by atoms with van der Waals surface area (Å²) in [6.07, 6.45) is 4.00. The number of ether oxygens (including phenoxy) is 2. The number of nitrogens with zero attached hydrogens (tertiary/aromatic N) is 1. The van der Waals surface area contributed by atoms with Gasteiger partial charge in [-0.25, -0.2) is 0 Å². The van der Waals surface area contributed by atoms with Gasteiger partial charge in [0.25, 0.3) is 11.7 Å². The average molecular weight is 512 g/mol. The molecule has 0 aliphatic carbocycles. The van der Waals surface area contributed by atoms with Crippen molar-refractivity contribution >= 4 is 17.4 Å². The van der Waals surface area contributed by atoms with Gasteiger partial charge in [0, 0.05) is 18.5 Å². The van der Waals surface area contributed by atoms with Crippen molar-refractivity contribution in [2.24, 2.45) is 0 Å². The smallest absolute Gasteiger partial charge is 0.295 e. The lowest BCUT2D eigenvalue weighted by Crippen LogP contribution is -2.29. The summed E-state index contributed by atoms with van der Waals surface area (Å²) in [5.74, 6) is 0.0280. The van der Waals surface area contributed by atoms with E-state index in [1.165, 1.54) is 0 Å². The molecule has 0 saturated carbocycles. The van der Waals surface area contributed by atoms with E-state index in [9.17, 15) is 14.7 Å². The van der Waals surface area contributed by atoms with Crippen LogP contribution in [0.5, 0.6) is 11.5 Å². The van der Waals surface area contributed by atoms with E-state index in [0.29, 0.717) is 12.2 Å². The molecule has 5 rings (SSSR count). The predicted molar refractivity (Wildman–Crippen MR) is 146 cm³/mol. The predicted octanol–water partition coefficient (Wildman–Crippen LogP) is 6.20. The maximum Gasteiger partial charge on any atom is 0.295 e. The Bertz CT molecular complexity index is 1350. The number of likely N-dealkylation sites (tertiary alicyclic amines) is 1. The van der Waals surface area contributed by atoms with Gasteiger partial charge in [-0.2, -0.15) is 0 Å². The lowest BCUT2D eigenvalue weighted by Gasteiger charge is -2.25. The van der Waals surface area contributed by atoms with Gasteiger partial charge in [-0.3, -0.25) is 9.59 Å². The number of amides is 1.